The maximum atomic E-state index is 11.9. The van der Waals surface area contributed by atoms with Gasteiger partial charge in [0.1, 0.15) is 0 Å². The van der Waals surface area contributed by atoms with Crippen molar-refractivity contribution < 1.29 is 18.3 Å². The smallest absolute Gasteiger partial charge is 0.388 e. The van der Waals surface area contributed by atoms with Crippen molar-refractivity contribution in [3.05, 3.63) is 24.0 Å². The van der Waals surface area contributed by atoms with E-state index in [9.17, 15) is 18.3 Å². The predicted octanol–water partition coefficient (Wildman–Crippen LogP) is 3.57. The van der Waals surface area contributed by atoms with Crippen LogP contribution in [-0.4, -0.2) is 20.9 Å². The fraction of sp³-hybridized carbons (Fsp3) is 0.636. The van der Waals surface area contributed by atoms with Crippen molar-refractivity contribution in [2.75, 3.05) is 5.75 Å². The van der Waals surface area contributed by atoms with Crippen molar-refractivity contribution in [1.82, 2.24) is 4.57 Å². The van der Waals surface area contributed by atoms with Crippen molar-refractivity contribution in [3.8, 4) is 0 Å². The molecule has 0 aliphatic carbocycles. The van der Waals surface area contributed by atoms with Gasteiger partial charge >= 0.3 is 5.51 Å². The van der Waals surface area contributed by atoms with E-state index in [1.165, 1.54) is 0 Å². The van der Waals surface area contributed by atoms with E-state index in [-0.39, 0.29) is 17.5 Å². The Hall–Kier alpha value is -0.620. The molecule has 0 aromatic carbocycles. The first-order valence-electron chi connectivity index (χ1n) is 5.47. The first-order valence-corrected chi connectivity index (χ1v) is 6.45. The van der Waals surface area contributed by atoms with Gasteiger partial charge in [-0.2, -0.15) is 13.2 Å². The third-order valence-corrected chi connectivity index (χ3v) is 3.05. The normalized spacial score (nSPS) is 13.9. The van der Waals surface area contributed by atoms with Crippen LogP contribution >= 0.6 is 11.8 Å². The molecule has 17 heavy (non-hydrogen) atoms. The summed E-state index contributed by atoms with van der Waals surface area (Å²) >= 11 is -0.0270. The highest BCUT2D eigenvalue weighted by molar-refractivity contribution is 8.00. The summed E-state index contributed by atoms with van der Waals surface area (Å²) in [6.07, 6.45) is 4.43. The molecule has 0 saturated carbocycles. The van der Waals surface area contributed by atoms with Crippen LogP contribution in [0, 0.1) is 0 Å². The number of alkyl halides is 3. The second kappa shape index (κ2) is 6.35. The second-order valence-electron chi connectivity index (χ2n) is 3.78. The third kappa shape index (κ3) is 5.50. The molecule has 0 aliphatic rings. The summed E-state index contributed by atoms with van der Waals surface area (Å²) < 4.78 is 37.4. The van der Waals surface area contributed by atoms with Crippen LogP contribution in [0.4, 0.5) is 13.2 Å². The van der Waals surface area contributed by atoms with Gasteiger partial charge in [-0.15, -0.1) is 0 Å². The Kier molecular flexibility index (Phi) is 5.39. The van der Waals surface area contributed by atoms with Crippen molar-refractivity contribution in [1.29, 1.82) is 0 Å². The Morgan fingerprint density at radius 2 is 2.18 bits per heavy atom. The van der Waals surface area contributed by atoms with Crippen molar-refractivity contribution in [3.63, 3.8) is 0 Å². The van der Waals surface area contributed by atoms with E-state index in [2.05, 4.69) is 0 Å². The topological polar surface area (TPSA) is 25.2 Å². The van der Waals surface area contributed by atoms with Crippen molar-refractivity contribution >= 4 is 11.8 Å². The predicted molar refractivity (Wildman–Crippen MR) is 62.8 cm³/mol. The van der Waals surface area contributed by atoms with E-state index in [1.54, 1.807) is 23.0 Å². The van der Waals surface area contributed by atoms with Crippen molar-refractivity contribution in [2.45, 2.75) is 37.9 Å². The van der Waals surface area contributed by atoms with Gasteiger partial charge in [0.05, 0.1) is 6.10 Å². The van der Waals surface area contributed by atoms with Gasteiger partial charge in [-0.3, -0.25) is 0 Å². The molecule has 0 bridgehead atoms. The zero-order valence-electron chi connectivity index (χ0n) is 9.57. The van der Waals surface area contributed by atoms with E-state index in [1.807, 2.05) is 6.92 Å². The molecular weight excluding hydrogens is 251 g/mol. The van der Waals surface area contributed by atoms with Crippen LogP contribution in [0.1, 0.15) is 31.4 Å². The van der Waals surface area contributed by atoms with E-state index in [0.717, 1.165) is 12.0 Å². The third-order valence-electron chi connectivity index (χ3n) is 2.34. The Bertz CT molecular complexity index is 338. The summed E-state index contributed by atoms with van der Waals surface area (Å²) in [7, 11) is 0. The first kappa shape index (κ1) is 14.4. The highest BCUT2D eigenvalue weighted by Gasteiger charge is 2.27. The second-order valence-corrected chi connectivity index (χ2v) is 4.94. The molecule has 1 unspecified atom stereocenters. The molecule has 1 heterocycles. The number of aliphatic hydroxyl groups excluding tert-OH is 1. The number of hydrogen-bond acceptors (Lipinski definition) is 2. The van der Waals surface area contributed by atoms with Crippen LogP contribution < -0.4 is 0 Å². The van der Waals surface area contributed by atoms with E-state index < -0.39 is 11.6 Å². The van der Waals surface area contributed by atoms with Crippen LogP contribution in [0.5, 0.6) is 0 Å². The highest BCUT2D eigenvalue weighted by Crippen LogP contribution is 2.30. The highest BCUT2D eigenvalue weighted by atomic mass is 32.2. The number of aromatic nitrogens is 1. The Morgan fingerprint density at radius 1 is 1.47 bits per heavy atom. The quantitative estimate of drug-likeness (QED) is 0.852. The summed E-state index contributed by atoms with van der Waals surface area (Å²) in [5, 5.41) is 9.69. The minimum Gasteiger partial charge on any atom is -0.388 e. The molecule has 98 valence electrons. The molecule has 2 nitrogen and oxygen atoms in total. The maximum absolute atomic E-state index is 11.9. The molecule has 0 amide bonds. The van der Waals surface area contributed by atoms with Crippen LogP contribution in [0.3, 0.4) is 0 Å². The number of halogens is 3. The molecule has 0 aliphatic heterocycles. The lowest BCUT2D eigenvalue weighted by Crippen LogP contribution is -2.05. The first-order chi connectivity index (χ1) is 7.92. The monoisotopic (exact) mass is 267 g/mol. The van der Waals surface area contributed by atoms with Gasteiger partial charge in [-0.05, 0) is 29.8 Å². The Labute approximate surface area is 103 Å². The molecule has 0 saturated heterocycles. The summed E-state index contributed by atoms with van der Waals surface area (Å²) in [6.45, 7) is 2.27. The largest absolute Gasteiger partial charge is 0.441 e. The molecule has 0 fully saturated rings. The lowest BCUT2D eigenvalue weighted by Gasteiger charge is -2.07. The molecule has 1 N–H and O–H groups in total. The number of thioether (sulfide) groups is 1. The maximum Gasteiger partial charge on any atom is 0.441 e. The molecule has 0 radical (unpaired) electrons. The fourth-order valence-electron chi connectivity index (χ4n) is 1.50. The molecular formula is C11H16F3NOS. The molecule has 6 heteroatoms. The van der Waals surface area contributed by atoms with E-state index >= 15 is 0 Å². The minimum atomic E-state index is -4.17. The zero-order valence-corrected chi connectivity index (χ0v) is 10.4. The standard InChI is InChI=1S/C11H16F3NOS/c1-2-3-10(16)9-4-5-15(8-9)6-7-17-11(12,13)14/h4-5,8,10,16H,2-3,6-7H2,1H3. The average Bonchev–Trinajstić information content (AvgIpc) is 2.65. The molecule has 1 atom stereocenters. The van der Waals surface area contributed by atoms with Gasteiger partial charge in [0.15, 0.2) is 0 Å². The average molecular weight is 267 g/mol. The number of aryl methyl sites for hydroxylation is 1. The SMILES string of the molecule is CCCC(O)c1ccn(CCSC(F)(F)F)c1. The van der Waals surface area contributed by atoms with Gasteiger partial charge in [0.2, 0.25) is 0 Å². The lowest BCUT2D eigenvalue weighted by atomic mass is 10.1. The summed E-state index contributed by atoms with van der Waals surface area (Å²) in [5.41, 5.74) is -3.40. The molecule has 1 aromatic heterocycles. The van der Waals surface area contributed by atoms with Gasteiger partial charge in [-0.1, -0.05) is 13.3 Å². The molecule has 1 aromatic rings. The lowest BCUT2D eigenvalue weighted by molar-refractivity contribution is -0.0328. The van der Waals surface area contributed by atoms with Crippen molar-refractivity contribution in [2.24, 2.45) is 0 Å². The van der Waals surface area contributed by atoms with Crippen LogP contribution in [-0.2, 0) is 6.54 Å². The number of aliphatic hydroxyl groups is 1. The number of hydrogen-bond donors (Lipinski definition) is 1. The summed E-state index contributed by atoms with van der Waals surface area (Å²) in [4.78, 5) is 0. The molecule has 0 spiro atoms. The Morgan fingerprint density at radius 3 is 2.76 bits per heavy atom. The van der Waals surface area contributed by atoms with Crippen LogP contribution in [0.15, 0.2) is 18.5 Å². The van der Waals surface area contributed by atoms with Gasteiger partial charge < -0.3 is 9.67 Å². The van der Waals surface area contributed by atoms with Crippen LogP contribution in [0.25, 0.3) is 0 Å². The van der Waals surface area contributed by atoms with Crippen LogP contribution in [0.2, 0.25) is 0 Å². The minimum absolute atomic E-state index is 0.0124. The Balaban J connectivity index is 2.40. The zero-order chi connectivity index (χ0) is 12.9. The fourth-order valence-corrected chi connectivity index (χ4v) is 2.04. The number of nitrogens with zero attached hydrogens (tertiary/aromatic N) is 1. The molecule has 1 rings (SSSR count). The van der Waals surface area contributed by atoms with E-state index in [0.29, 0.717) is 13.0 Å². The summed E-state index contributed by atoms with van der Waals surface area (Å²) in [6, 6.07) is 1.75. The van der Waals surface area contributed by atoms with Gasteiger partial charge in [0.25, 0.3) is 0 Å². The van der Waals surface area contributed by atoms with Gasteiger partial charge in [-0.25, -0.2) is 0 Å². The summed E-state index contributed by atoms with van der Waals surface area (Å²) in [5.74, 6) is -0.0124. The number of rotatable bonds is 6. The van der Waals surface area contributed by atoms with E-state index in [4.69, 9.17) is 0 Å². The van der Waals surface area contributed by atoms with Gasteiger partial charge in [0, 0.05) is 24.7 Å².